The Morgan fingerprint density at radius 1 is 0.418 bits per heavy atom. The van der Waals surface area contributed by atoms with E-state index in [4.69, 9.17) is 28.8 Å². The van der Waals surface area contributed by atoms with Crippen molar-refractivity contribution in [1.82, 2.24) is 19.9 Å². The number of benzene rings is 7. The maximum absolute atomic E-state index is 6.53. The van der Waals surface area contributed by atoms with Crippen LogP contribution in [0.5, 0.6) is 0 Å². The summed E-state index contributed by atoms with van der Waals surface area (Å²) >= 11 is 0. The minimum atomic E-state index is -0.309. The van der Waals surface area contributed by atoms with Gasteiger partial charge >= 0.3 is 0 Å². The van der Waals surface area contributed by atoms with Gasteiger partial charge in [0.1, 0.15) is 16.7 Å². The summed E-state index contributed by atoms with van der Waals surface area (Å²) in [6, 6.07) is 53.9. The lowest BCUT2D eigenvalue weighted by Crippen LogP contribution is -2.15. The maximum atomic E-state index is 6.53. The van der Waals surface area contributed by atoms with Crippen LogP contribution >= 0.6 is 0 Å². The Morgan fingerprint density at radius 3 is 1.89 bits per heavy atom. The molecule has 0 atom stereocenters. The van der Waals surface area contributed by atoms with Crippen LogP contribution in [0.4, 0.5) is 0 Å². The standard InChI is InChI=1S/C49H32N4O2/c1-49(2)39-28-32(23-24-34(39)36-25-26-40-44(42(36)49)55-48(50-40)30-15-7-4-8-16-30)31-17-11-18-33(27-31)46-51-45(29-13-5-3-6-14-29)52-47(53-46)38-21-12-20-37-35-19-9-10-22-41(35)54-43(37)38/h3-28H,1-2H3. The Morgan fingerprint density at radius 2 is 1.05 bits per heavy atom. The quantitative estimate of drug-likeness (QED) is 0.177. The van der Waals surface area contributed by atoms with Gasteiger partial charge in [-0.05, 0) is 70.3 Å². The molecular formula is C49H32N4O2. The Balaban J connectivity index is 1.02. The van der Waals surface area contributed by atoms with Gasteiger partial charge in [-0.1, -0.05) is 129 Å². The fraction of sp³-hybridized carbons (Fsp3) is 0.0612. The van der Waals surface area contributed by atoms with E-state index in [2.05, 4.69) is 80.6 Å². The number of rotatable bonds is 5. The molecule has 0 aliphatic heterocycles. The summed E-state index contributed by atoms with van der Waals surface area (Å²) in [5, 5.41) is 2.09. The first-order valence-corrected chi connectivity index (χ1v) is 18.5. The van der Waals surface area contributed by atoms with Crippen molar-refractivity contribution < 1.29 is 8.83 Å². The summed E-state index contributed by atoms with van der Waals surface area (Å²) in [6.07, 6.45) is 0. The minimum absolute atomic E-state index is 0.309. The largest absolute Gasteiger partial charge is 0.455 e. The average Bonchev–Trinajstić information content (AvgIpc) is 3.91. The summed E-state index contributed by atoms with van der Waals surface area (Å²) in [5.74, 6) is 2.39. The van der Waals surface area contributed by atoms with Crippen molar-refractivity contribution in [3.8, 4) is 67.9 Å². The van der Waals surface area contributed by atoms with Crippen molar-refractivity contribution in [2.45, 2.75) is 19.3 Å². The highest BCUT2D eigenvalue weighted by Gasteiger charge is 2.39. The Labute approximate surface area is 316 Å². The van der Waals surface area contributed by atoms with Gasteiger partial charge in [0, 0.05) is 38.4 Å². The molecule has 3 aromatic heterocycles. The average molecular weight is 709 g/mol. The first-order chi connectivity index (χ1) is 27.0. The SMILES string of the molecule is CC1(C)c2cc(-c3cccc(-c4nc(-c5ccccc5)nc(-c5cccc6c5oc5ccccc56)n4)c3)ccc2-c2ccc3nc(-c4ccccc4)oc3c21. The Hall–Kier alpha value is -7.18. The minimum Gasteiger partial charge on any atom is -0.455 e. The van der Waals surface area contributed by atoms with E-state index >= 15 is 0 Å². The summed E-state index contributed by atoms with van der Waals surface area (Å²) in [7, 11) is 0. The lowest BCUT2D eigenvalue weighted by molar-refractivity contribution is 0.593. The summed E-state index contributed by atoms with van der Waals surface area (Å²) in [5.41, 5.74) is 13.6. The van der Waals surface area contributed by atoms with Crippen LogP contribution in [-0.4, -0.2) is 19.9 Å². The van der Waals surface area contributed by atoms with Gasteiger partial charge < -0.3 is 8.83 Å². The molecule has 260 valence electrons. The third-order valence-corrected chi connectivity index (χ3v) is 11.0. The molecule has 11 rings (SSSR count). The molecule has 10 aromatic rings. The number of furan rings is 1. The van der Waals surface area contributed by atoms with Gasteiger partial charge in [0.15, 0.2) is 23.1 Å². The van der Waals surface area contributed by atoms with Crippen LogP contribution in [0, 0.1) is 0 Å². The van der Waals surface area contributed by atoms with Gasteiger partial charge in [-0.3, -0.25) is 0 Å². The summed E-state index contributed by atoms with van der Waals surface area (Å²) in [6.45, 7) is 4.56. The number of hydrogen-bond donors (Lipinski definition) is 0. The third-order valence-electron chi connectivity index (χ3n) is 11.0. The van der Waals surface area contributed by atoms with E-state index < -0.39 is 0 Å². The Kier molecular flexibility index (Phi) is 6.79. The molecule has 6 nitrogen and oxygen atoms in total. The zero-order valence-electron chi connectivity index (χ0n) is 30.1. The molecule has 55 heavy (non-hydrogen) atoms. The first-order valence-electron chi connectivity index (χ1n) is 18.5. The topological polar surface area (TPSA) is 77.8 Å². The first kappa shape index (κ1) is 31.4. The molecular weight excluding hydrogens is 677 g/mol. The molecule has 3 heterocycles. The molecule has 0 bridgehead atoms. The van der Waals surface area contributed by atoms with Gasteiger partial charge in [-0.25, -0.2) is 19.9 Å². The van der Waals surface area contributed by atoms with Crippen molar-refractivity contribution in [3.05, 3.63) is 169 Å². The fourth-order valence-corrected chi connectivity index (χ4v) is 8.25. The van der Waals surface area contributed by atoms with E-state index in [9.17, 15) is 0 Å². The number of nitrogens with zero attached hydrogens (tertiary/aromatic N) is 4. The molecule has 0 spiro atoms. The highest BCUT2D eigenvalue weighted by Crippen LogP contribution is 2.52. The van der Waals surface area contributed by atoms with Crippen molar-refractivity contribution in [3.63, 3.8) is 0 Å². The number of hydrogen-bond acceptors (Lipinski definition) is 6. The lowest BCUT2D eigenvalue weighted by Gasteiger charge is -2.22. The van der Waals surface area contributed by atoms with Crippen LogP contribution in [0.2, 0.25) is 0 Å². The normalized spacial score (nSPS) is 13.1. The molecule has 0 N–H and O–H groups in total. The molecule has 1 aliphatic carbocycles. The second-order valence-corrected chi connectivity index (χ2v) is 14.6. The Bertz CT molecular complexity index is 3120. The molecule has 0 fully saturated rings. The second kappa shape index (κ2) is 11.9. The number of aromatic nitrogens is 4. The number of fused-ring (bicyclic) bond motifs is 8. The maximum Gasteiger partial charge on any atom is 0.227 e. The molecule has 7 aromatic carbocycles. The van der Waals surface area contributed by atoms with Gasteiger partial charge in [-0.2, -0.15) is 0 Å². The molecule has 0 saturated carbocycles. The fourth-order valence-electron chi connectivity index (χ4n) is 8.25. The summed E-state index contributed by atoms with van der Waals surface area (Å²) in [4.78, 5) is 20.1. The smallest absolute Gasteiger partial charge is 0.227 e. The van der Waals surface area contributed by atoms with Crippen LogP contribution in [0.1, 0.15) is 25.0 Å². The van der Waals surface area contributed by atoms with Crippen molar-refractivity contribution in [2.24, 2.45) is 0 Å². The van der Waals surface area contributed by atoms with E-state index in [1.54, 1.807) is 0 Å². The number of para-hydroxylation sites is 2. The zero-order chi connectivity index (χ0) is 36.7. The highest BCUT2D eigenvalue weighted by atomic mass is 16.3. The van der Waals surface area contributed by atoms with E-state index in [1.165, 1.54) is 22.3 Å². The van der Waals surface area contributed by atoms with E-state index in [0.29, 0.717) is 23.4 Å². The second-order valence-electron chi connectivity index (χ2n) is 14.6. The van der Waals surface area contributed by atoms with Crippen LogP contribution in [0.3, 0.4) is 0 Å². The van der Waals surface area contributed by atoms with Gasteiger partial charge in [0.2, 0.25) is 5.89 Å². The third kappa shape index (κ3) is 4.95. The molecule has 0 saturated heterocycles. The predicted molar refractivity (Wildman–Crippen MR) is 219 cm³/mol. The monoisotopic (exact) mass is 708 g/mol. The van der Waals surface area contributed by atoms with E-state index in [0.717, 1.165) is 66.4 Å². The summed E-state index contributed by atoms with van der Waals surface area (Å²) < 4.78 is 12.9. The number of oxazole rings is 1. The van der Waals surface area contributed by atoms with Crippen LogP contribution < -0.4 is 0 Å². The molecule has 0 unspecified atom stereocenters. The van der Waals surface area contributed by atoms with Crippen molar-refractivity contribution in [1.29, 1.82) is 0 Å². The molecule has 6 heteroatoms. The predicted octanol–water partition coefficient (Wildman–Crippen LogP) is 12.6. The van der Waals surface area contributed by atoms with E-state index in [-0.39, 0.29) is 5.41 Å². The molecule has 1 aliphatic rings. The van der Waals surface area contributed by atoms with Crippen LogP contribution in [-0.2, 0) is 5.41 Å². The van der Waals surface area contributed by atoms with Gasteiger partial charge in [0.25, 0.3) is 0 Å². The van der Waals surface area contributed by atoms with Crippen LogP contribution in [0.15, 0.2) is 167 Å². The van der Waals surface area contributed by atoms with Gasteiger partial charge in [-0.15, -0.1) is 0 Å². The van der Waals surface area contributed by atoms with Gasteiger partial charge in [0.05, 0.1) is 5.56 Å². The zero-order valence-corrected chi connectivity index (χ0v) is 30.1. The highest BCUT2D eigenvalue weighted by molar-refractivity contribution is 6.09. The lowest BCUT2D eigenvalue weighted by atomic mass is 9.81. The molecule has 0 radical (unpaired) electrons. The van der Waals surface area contributed by atoms with Crippen molar-refractivity contribution >= 4 is 33.0 Å². The van der Waals surface area contributed by atoms with Crippen molar-refractivity contribution in [2.75, 3.05) is 0 Å². The van der Waals surface area contributed by atoms with Crippen LogP contribution in [0.25, 0.3) is 101 Å². The van der Waals surface area contributed by atoms with E-state index in [1.807, 2.05) is 91.0 Å². The molecule has 0 amide bonds.